The highest BCUT2D eigenvalue weighted by molar-refractivity contribution is 5.99. The third-order valence-electron chi connectivity index (χ3n) is 7.29. The molecule has 11 heteroatoms. The van der Waals surface area contributed by atoms with Crippen molar-refractivity contribution in [3.8, 4) is 5.75 Å². The maximum Gasteiger partial charge on any atom is 0.416 e. The lowest BCUT2D eigenvalue weighted by Crippen LogP contribution is -2.63. The molecular formula is C26H35F3N4O4. The van der Waals surface area contributed by atoms with Crippen molar-refractivity contribution in [2.45, 2.75) is 82.8 Å². The average molecular weight is 525 g/mol. The number of carbonyl (C=O) groups excluding carboxylic acids is 2. The Hall–Kier alpha value is -2.82. The molecule has 0 aromatic heterocycles. The quantitative estimate of drug-likeness (QED) is 0.500. The fourth-order valence-electron chi connectivity index (χ4n) is 5.52. The standard InChI is InChI=1S/C26H35F3N4O4/c1-24(2)13-21(34)33(23(30)32-24)19(8-9-36-5)15-11-16(15)22(35)31-18-12-25(3,4)37-20-7-6-14(10-17(18)20)26(27,28)29/h6-7,10,15-16,18-19H,8-9,11-13H2,1-5H3,(H2,30,32)(H,31,35)/t15?,16-,18-,19-/m1/s1. The van der Waals surface area contributed by atoms with E-state index in [4.69, 9.17) is 14.9 Å². The molecule has 2 aliphatic heterocycles. The molecule has 1 saturated carbocycles. The van der Waals surface area contributed by atoms with Crippen LogP contribution in [0.15, 0.2) is 18.2 Å². The number of methoxy groups -OCH3 is 1. The molecule has 3 N–H and O–H groups in total. The van der Waals surface area contributed by atoms with Crippen molar-refractivity contribution in [3.05, 3.63) is 29.3 Å². The lowest BCUT2D eigenvalue weighted by Gasteiger charge is -2.42. The lowest BCUT2D eigenvalue weighted by atomic mass is 9.88. The highest BCUT2D eigenvalue weighted by Crippen LogP contribution is 2.47. The third kappa shape index (κ3) is 5.86. The first kappa shape index (κ1) is 27.2. The molecule has 0 spiro atoms. The second-order valence-corrected chi connectivity index (χ2v) is 11.5. The van der Waals surface area contributed by atoms with Gasteiger partial charge < -0.3 is 20.1 Å². The van der Waals surface area contributed by atoms with E-state index in [0.29, 0.717) is 37.2 Å². The zero-order valence-electron chi connectivity index (χ0n) is 21.8. The lowest BCUT2D eigenvalue weighted by molar-refractivity contribution is -0.137. The summed E-state index contributed by atoms with van der Waals surface area (Å²) in [6.45, 7) is 7.72. The van der Waals surface area contributed by atoms with E-state index in [1.807, 2.05) is 27.7 Å². The van der Waals surface area contributed by atoms with Crippen LogP contribution in [0.25, 0.3) is 0 Å². The van der Waals surface area contributed by atoms with Crippen LogP contribution in [0.5, 0.6) is 5.75 Å². The van der Waals surface area contributed by atoms with Crippen molar-refractivity contribution in [2.24, 2.45) is 11.8 Å². The first-order valence-electron chi connectivity index (χ1n) is 12.5. The van der Waals surface area contributed by atoms with E-state index in [0.717, 1.165) is 12.1 Å². The van der Waals surface area contributed by atoms with Gasteiger partial charge in [-0.2, -0.15) is 13.2 Å². The Kier molecular flexibility index (Phi) is 6.98. The van der Waals surface area contributed by atoms with E-state index in [1.165, 1.54) is 11.0 Å². The zero-order valence-corrected chi connectivity index (χ0v) is 21.8. The van der Waals surface area contributed by atoms with Crippen molar-refractivity contribution >= 4 is 17.8 Å². The van der Waals surface area contributed by atoms with Gasteiger partial charge in [-0.3, -0.25) is 19.9 Å². The van der Waals surface area contributed by atoms with E-state index in [-0.39, 0.29) is 30.1 Å². The van der Waals surface area contributed by atoms with Crippen LogP contribution in [0.1, 0.15) is 70.5 Å². The predicted molar refractivity (Wildman–Crippen MR) is 130 cm³/mol. The summed E-state index contributed by atoms with van der Waals surface area (Å²) in [6.07, 6.45) is -3.00. The summed E-state index contributed by atoms with van der Waals surface area (Å²) in [5.41, 5.74) is -1.71. The van der Waals surface area contributed by atoms with Crippen molar-refractivity contribution in [1.29, 1.82) is 5.41 Å². The molecule has 4 rings (SSSR count). The number of nitrogens with zero attached hydrogens (tertiary/aromatic N) is 1. The first-order valence-corrected chi connectivity index (χ1v) is 12.5. The van der Waals surface area contributed by atoms with Crippen molar-refractivity contribution in [1.82, 2.24) is 15.5 Å². The van der Waals surface area contributed by atoms with E-state index in [9.17, 15) is 22.8 Å². The summed E-state index contributed by atoms with van der Waals surface area (Å²) >= 11 is 0. The van der Waals surface area contributed by atoms with Gasteiger partial charge in [0.25, 0.3) is 0 Å². The summed E-state index contributed by atoms with van der Waals surface area (Å²) < 4.78 is 51.3. The van der Waals surface area contributed by atoms with E-state index in [1.54, 1.807) is 7.11 Å². The Balaban J connectivity index is 1.52. The van der Waals surface area contributed by atoms with Gasteiger partial charge >= 0.3 is 6.18 Å². The van der Waals surface area contributed by atoms with Crippen molar-refractivity contribution in [2.75, 3.05) is 13.7 Å². The molecule has 2 fully saturated rings. The van der Waals surface area contributed by atoms with Gasteiger partial charge in [-0.25, -0.2) is 0 Å². The molecule has 8 nitrogen and oxygen atoms in total. The molecule has 1 saturated heterocycles. The van der Waals surface area contributed by atoms with Crippen LogP contribution in [0.4, 0.5) is 13.2 Å². The Morgan fingerprint density at radius 1 is 1.32 bits per heavy atom. The van der Waals surface area contributed by atoms with Gasteiger partial charge in [0.05, 0.1) is 11.6 Å². The fraction of sp³-hybridized carbons (Fsp3) is 0.654. The Morgan fingerprint density at radius 3 is 2.65 bits per heavy atom. The molecule has 1 unspecified atom stereocenters. The number of guanidine groups is 1. The number of nitrogens with one attached hydrogen (secondary N) is 3. The van der Waals surface area contributed by atoms with Gasteiger partial charge in [-0.15, -0.1) is 0 Å². The van der Waals surface area contributed by atoms with Gasteiger partial charge in [0, 0.05) is 49.6 Å². The highest BCUT2D eigenvalue weighted by atomic mass is 19.4. The fourth-order valence-corrected chi connectivity index (χ4v) is 5.52. The van der Waals surface area contributed by atoms with Crippen molar-refractivity contribution < 1.29 is 32.2 Å². The number of carbonyl (C=O) groups is 2. The highest BCUT2D eigenvalue weighted by Gasteiger charge is 2.53. The number of halogens is 3. The Morgan fingerprint density at radius 2 is 2.03 bits per heavy atom. The molecule has 37 heavy (non-hydrogen) atoms. The topological polar surface area (TPSA) is 104 Å². The maximum atomic E-state index is 13.4. The number of fused-ring (bicyclic) bond motifs is 1. The van der Waals surface area contributed by atoms with E-state index < -0.39 is 40.9 Å². The van der Waals surface area contributed by atoms with Gasteiger partial charge in [0.2, 0.25) is 11.8 Å². The number of alkyl halides is 3. The number of hydrogen-bond donors (Lipinski definition) is 3. The Labute approximate surface area is 214 Å². The number of hydrogen-bond acceptors (Lipinski definition) is 5. The second-order valence-electron chi connectivity index (χ2n) is 11.5. The van der Waals surface area contributed by atoms with Gasteiger partial charge in [0.15, 0.2) is 5.96 Å². The summed E-state index contributed by atoms with van der Waals surface area (Å²) in [4.78, 5) is 27.7. The smallest absolute Gasteiger partial charge is 0.416 e. The third-order valence-corrected chi connectivity index (χ3v) is 7.29. The molecule has 1 aromatic carbocycles. The maximum absolute atomic E-state index is 13.4. The molecular weight excluding hydrogens is 489 g/mol. The monoisotopic (exact) mass is 524 g/mol. The Bertz CT molecular complexity index is 1070. The molecule has 0 bridgehead atoms. The molecule has 2 amide bonds. The minimum absolute atomic E-state index is 0.00759. The minimum Gasteiger partial charge on any atom is -0.487 e. The van der Waals surface area contributed by atoms with Crippen LogP contribution in [-0.2, 0) is 20.5 Å². The molecule has 4 atom stereocenters. The van der Waals surface area contributed by atoms with Gasteiger partial charge in [0.1, 0.15) is 11.4 Å². The van der Waals surface area contributed by atoms with Gasteiger partial charge in [-0.1, -0.05) is 0 Å². The van der Waals surface area contributed by atoms with Crippen LogP contribution in [0, 0.1) is 17.2 Å². The average Bonchev–Trinajstić information content (AvgIpc) is 3.54. The van der Waals surface area contributed by atoms with Crippen molar-refractivity contribution in [3.63, 3.8) is 0 Å². The summed E-state index contributed by atoms with van der Waals surface area (Å²) in [5.74, 6) is -0.730. The van der Waals surface area contributed by atoms with Crippen LogP contribution >= 0.6 is 0 Å². The van der Waals surface area contributed by atoms with E-state index in [2.05, 4.69) is 10.6 Å². The van der Waals surface area contributed by atoms with Crippen LogP contribution in [0.2, 0.25) is 0 Å². The van der Waals surface area contributed by atoms with Crippen LogP contribution in [-0.4, -0.2) is 53.6 Å². The predicted octanol–water partition coefficient (Wildman–Crippen LogP) is 4.00. The van der Waals surface area contributed by atoms with E-state index >= 15 is 0 Å². The molecule has 1 aliphatic carbocycles. The van der Waals surface area contributed by atoms with Gasteiger partial charge in [-0.05, 0) is 64.7 Å². The SMILES string of the molecule is COCC[C@H](C1C[C@H]1C(=O)N[C@@H]1CC(C)(C)Oc2ccc(C(F)(F)F)cc21)N1C(=N)NC(C)(C)CC1=O. The number of amides is 2. The van der Waals surface area contributed by atoms with Crippen LogP contribution in [0.3, 0.4) is 0 Å². The molecule has 3 aliphatic rings. The normalized spacial score (nSPS) is 27.0. The molecule has 0 radical (unpaired) electrons. The molecule has 204 valence electrons. The number of ether oxygens (including phenoxy) is 2. The minimum atomic E-state index is -4.51. The molecule has 2 heterocycles. The summed E-state index contributed by atoms with van der Waals surface area (Å²) in [6, 6.07) is 2.29. The number of rotatable bonds is 7. The second kappa shape index (κ2) is 9.49. The molecule has 1 aromatic rings. The zero-order chi connectivity index (χ0) is 27.3. The largest absolute Gasteiger partial charge is 0.487 e. The summed E-state index contributed by atoms with van der Waals surface area (Å²) in [7, 11) is 1.55. The number of benzene rings is 1. The summed E-state index contributed by atoms with van der Waals surface area (Å²) in [5, 5.41) is 14.5. The van der Waals surface area contributed by atoms with Crippen LogP contribution < -0.4 is 15.4 Å². The first-order chi connectivity index (χ1) is 17.1.